The van der Waals surface area contributed by atoms with Gasteiger partial charge in [0.25, 0.3) is 0 Å². The molecule has 2 aromatic rings. The fourth-order valence-corrected chi connectivity index (χ4v) is 4.57. The van der Waals surface area contributed by atoms with Crippen LogP contribution in [0.5, 0.6) is 0 Å². The lowest BCUT2D eigenvalue weighted by atomic mass is 9.78. The minimum atomic E-state index is -0.767. The van der Waals surface area contributed by atoms with E-state index >= 15 is 0 Å². The highest BCUT2D eigenvalue weighted by atomic mass is 19.2. The molecular weight excluding hydrogens is 350 g/mol. The summed E-state index contributed by atoms with van der Waals surface area (Å²) in [7, 11) is 0. The summed E-state index contributed by atoms with van der Waals surface area (Å²) in [5.41, 5.74) is 2.37. The number of rotatable bonds is 2. The molecule has 7 heteroatoms. The number of imidazole rings is 1. The highest BCUT2D eigenvalue weighted by Gasteiger charge is 2.47. The zero-order valence-electron chi connectivity index (χ0n) is 15.7. The lowest BCUT2D eigenvalue weighted by Crippen LogP contribution is -2.57. The van der Waals surface area contributed by atoms with Gasteiger partial charge in [-0.3, -0.25) is 9.69 Å². The lowest BCUT2D eigenvalue weighted by molar-refractivity contribution is -0.139. The van der Waals surface area contributed by atoms with Crippen LogP contribution in [0.3, 0.4) is 0 Å². The van der Waals surface area contributed by atoms with Gasteiger partial charge in [0.15, 0.2) is 11.6 Å². The first-order valence-corrected chi connectivity index (χ1v) is 9.39. The number of hydrogen-bond donors (Lipinski definition) is 1. The van der Waals surface area contributed by atoms with Gasteiger partial charge in [-0.25, -0.2) is 13.8 Å². The second-order valence-corrected chi connectivity index (χ2v) is 7.63. The summed E-state index contributed by atoms with van der Waals surface area (Å²) in [6, 6.07) is 3.28. The zero-order valence-corrected chi connectivity index (χ0v) is 15.7. The van der Waals surface area contributed by atoms with E-state index < -0.39 is 17.2 Å². The number of carbonyl (C=O) groups excluding carboxylic acids is 1. The predicted molar refractivity (Wildman–Crippen MR) is 97.0 cm³/mol. The molecule has 3 heterocycles. The first-order chi connectivity index (χ1) is 12.9. The number of carbonyl (C=O) groups is 1. The lowest BCUT2D eigenvalue weighted by Gasteiger charge is -2.50. The van der Waals surface area contributed by atoms with E-state index in [-0.39, 0.29) is 5.91 Å². The number of fused-ring (bicyclic) bond motifs is 2. The van der Waals surface area contributed by atoms with Crippen molar-refractivity contribution in [3.63, 3.8) is 0 Å². The average molecular weight is 374 g/mol. The molecule has 4 rings (SSSR count). The topological polar surface area (TPSA) is 52.2 Å². The molecule has 27 heavy (non-hydrogen) atoms. The quantitative estimate of drug-likeness (QED) is 0.879. The van der Waals surface area contributed by atoms with Gasteiger partial charge >= 0.3 is 0 Å². The van der Waals surface area contributed by atoms with Crippen molar-refractivity contribution >= 4 is 5.91 Å². The summed E-state index contributed by atoms with van der Waals surface area (Å²) < 4.78 is 28.1. The number of H-pyrrole nitrogens is 1. The van der Waals surface area contributed by atoms with E-state index in [4.69, 9.17) is 0 Å². The molecule has 2 aliphatic rings. The molecule has 1 fully saturated rings. The fraction of sp³-hybridized carbons (Fsp3) is 0.500. The molecule has 0 unspecified atom stereocenters. The third-order valence-electron chi connectivity index (χ3n) is 6.07. The normalized spacial score (nSPS) is 19.3. The molecular formula is C20H24F2N4O. The summed E-state index contributed by atoms with van der Waals surface area (Å²) in [6.07, 6.45) is 3.96. The number of amides is 1. The number of halogens is 2. The third-order valence-corrected chi connectivity index (χ3v) is 6.07. The van der Waals surface area contributed by atoms with Crippen LogP contribution in [0.15, 0.2) is 18.5 Å². The van der Waals surface area contributed by atoms with Crippen LogP contribution in [-0.2, 0) is 23.3 Å². The Morgan fingerprint density at radius 3 is 2.67 bits per heavy atom. The molecule has 5 nitrogen and oxygen atoms in total. The second kappa shape index (κ2) is 6.71. The van der Waals surface area contributed by atoms with Crippen LogP contribution in [0.25, 0.3) is 0 Å². The molecule has 0 atom stereocenters. The Labute approximate surface area is 157 Å². The largest absolute Gasteiger partial charge is 0.348 e. The number of aromatic nitrogens is 2. The van der Waals surface area contributed by atoms with Crippen LogP contribution in [0.4, 0.5) is 8.78 Å². The Balaban J connectivity index is 1.54. The van der Waals surface area contributed by atoms with Crippen LogP contribution in [0, 0.1) is 18.6 Å². The Hall–Kier alpha value is -2.28. The molecule has 1 spiro atoms. The third kappa shape index (κ3) is 2.94. The van der Waals surface area contributed by atoms with Crippen LogP contribution in [0.2, 0.25) is 0 Å². The number of likely N-dealkylation sites (tertiary alicyclic amines) is 1. The number of nitrogens with zero attached hydrogens (tertiary/aromatic N) is 3. The molecule has 1 N–H and O–H groups in total. The summed E-state index contributed by atoms with van der Waals surface area (Å²) in [4.78, 5) is 24.1. The number of benzene rings is 1. The van der Waals surface area contributed by atoms with E-state index in [9.17, 15) is 13.6 Å². The van der Waals surface area contributed by atoms with E-state index in [1.165, 1.54) is 0 Å². The Kier molecular flexibility index (Phi) is 4.50. The Morgan fingerprint density at radius 1 is 1.22 bits per heavy atom. The Morgan fingerprint density at radius 2 is 1.96 bits per heavy atom. The number of piperidine rings is 1. The molecule has 2 aliphatic heterocycles. The van der Waals surface area contributed by atoms with E-state index in [0.29, 0.717) is 37.3 Å². The Bertz CT molecular complexity index is 871. The number of aryl methyl sites for hydroxylation is 1. The van der Waals surface area contributed by atoms with Crippen molar-refractivity contribution in [2.45, 2.75) is 45.2 Å². The van der Waals surface area contributed by atoms with E-state index in [1.807, 2.05) is 4.90 Å². The molecule has 0 bridgehead atoms. The monoisotopic (exact) mass is 374 g/mol. The molecule has 0 saturated carbocycles. The average Bonchev–Trinajstić information content (AvgIpc) is 3.14. The van der Waals surface area contributed by atoms with Crippen LogP contribution in [0.1, 0.15) is 42.3 Å². The summed E-state index contributed by atoms with van der Waals surface area (Å²) in [5, 5.41) is 0. The summed E-state index contributed by atoms with van der Waals surface area (Å²) >= 11 is 0. The van der Waals surface area contributed by atoms with E-state index in [0.717, 1.165) is 30.7 Å². The highest BCUT2D eigenvalue weighted by molar-refractivity contribution is 5.75. The molecule has 0 radical (unpaired) electrons. The van der Waals surface area contributed by atoms with Crippen molar-refractivity contribution in [1.29, 1.82) is 0 Å². The molecule has 144 valence electrons. The van der Waals surface area contributed by atoms with Gasteiger partial charge in [-0.2, -0.15) is 0 Å². The van der Waals surface area contributed by atoms with Gasteiger partial charge in [-0.15, -0.1) is 0 Å². The van der Waals surface area contributed by atoms with Crippen molar-refractivity contribution in [3.8, 4) is 0 Å². The minimum Gasteiger partial charge on any atom is -0.348 e. The van der Waals surface area contributed by atoms with Crippen molar-refractivity contribution in [1.82, 2.24) is 19.8 Å². The van der Waals surface area contributed by atoms with Gasteiger partial charge in [-0.05, 0) is 25.3 Å². The zero-order chi connectivity index (χ0) is 19.2. The van der Waals surface area contributed by atoms with Crippen LogP contribution < -0.4 is 0 Å². The van der Waals surface area contributed by atoms with Crippen LogP contribution >= 0.6 is 0 Å². The van der Waals surface area contributed by atoms with Crippen molar-refractivity contribution in [2.75, 3.05) is 19.6 Å². The van der Waals surface area contributed by atoms with Gasteiger partial charge in [0.05, 0.1) is 17.6 Å². The number of aromatic amines is 1. The summed E-state index contributed by atoms with van der Waals surface area (Å²) in [6.45, 7) is 5.62. The first kappa shape index (κ1) is 18.1. The molecule has 0 aliphatic carbocycles. The maximum Gasteiger partial charge on any atom is 0.220 e. The van der Waals surface area contributed by atoms with Crippen molar-refractivity contribution in [3.05, 3.63) is 52.6 Å². The molecule has 1 amide bonds. The number of hydrogen-bond acceptors (Lipinski definition) is 3. The van der Waals surface area contributed by atoms with E-state index in [2.05, 4.69) is 14.9 Å². The molecule has 1 aromatic carbocycles. The van der Waals surface area contributed by atoms with Crippen molar-refractivity contribution in [2.24, 2.45) is 0 Å². The van der Waals surface area contributed by atoms with Crippen LogP contribution in [-0.4, -0.2) is 45.3 Å². The molecule has 1 saturated heterocycles. The van der Waals surface area contributed by atoms with E-state index in [1.54, 1.807) is 32.3 Å². The molecule has 1 aromatic heterocycles. The first-order valence-electron chi connectivity index (χ1n) is 9.39. The maximum atomic E-state index is 14.2. The summed E-state index contributed by atoms with van der Waals surface area (Å²) in [5.74, 6) is -1.46. The minimum absolute atomic E-state index is 0.0590. The predicted octanol–water partition coefficient (Wildman–Crippen LogP) is 2.89. The van der Waals surface area contributed by atoms with Crippen molar-refractivity contribution < 1.29 is 13.6 Å². The SMILES string of the molecule is CC(=O)N1CCc2[nH]cnc2C12CCN(Cc1ccc(C)c(F)c1F)CC2. The fourth-order valence-electron chi connectivity index (χ4n) is 4.57. The van der Waals surface area contributed by atoms with Gasteiger partial charge < -0.3 is 9.88 Å². The second-order valence-electron chi connectivity index (χ2n) is 7.63. The maximum absolute atomic E-state index is 14.2. The standard InChI is InChI=1S/C20H24F2N4O/c1-13-3-4-15(18(22)17(13)21)11-25-9-6-20(7-10-25)19-16(23-12-24-19)5-8-26(20)14(2)27/h3-4,12H,5-11H2,1-2H3,(H,23,24). The number of nitrogens with one attached hydrogen (secondary N) is 1. The van der Waals surface area contributed by atoms with Gasteiger partial charge in [0.2, 0.25) is 5.91 Å². The highest BCUT2D eigenvalue weighted by Crippen LogP contribution is 2.42. The van der Waals surface area contributed by atoms with Gasteiger partial charge in [-0.1, -0.05) is 12.1 Å². The smallest absolute Gasteiger partial charge is 0.220 e. The van der Waals surface area contributed by atoms with Gasteiger partial charge in [0.1, 0.15) is 0 Å². The van der Waals surface area contributed by atoms with Gasteiger partial charge in [0, 0.05) is 50.8 Å².